The maximum atomic E-state index is 13.2. The number of halogens is 1. The van der Waals surface area contributed by atoms with E-state index >= 15 is 0 Å². The van der Waals surface area contributed by atoms with Crippen molar-refractivity contribution in [1.29, 1.82) is 0 Å². The maximum Gasteiger partial charge on any atom is 0.248 e. The topological polar surface area (TPSA) is 63.3 Å². The lowest BCUT2D eigenvalue weighted by Gasteiger charge is -2.05. The number of amides is 1. The summed E-state index contributed by atoms with van der Waals surface area (Å²) in [7, 11) is 0. The molecule has 0 saturated heterocycles. The van der Waals surface area contributed by atoms with Crippen LogP contribution < -0.4 is 5.73 Å². The van der Waals surface area contributed by atoms with Crippen LogP contribution in [0, 0.1) is 5.82 Å². The quantitative estimate of drug-likeness (QED) is 0.869. The van der Waals surface area contributed by atoms with Crippen molar-refractivity contribution in [2.24, 2.45) is 5.73 Å². The van der Waals surface area contributed by atoms with Gasteiger partial charge in [0.25, 0.3) is 0 Å². The van der Waals surface area contributed by atoms with E-state index in [0.29, 0.717) is 5.56 Å². The number of aliphatic hydroxyl groups is 1. The Balaban J connectivity index is 2.39. The molecule has 92 valence electrons. The van der Waals surface area contributed by atoms with Crippen molar-refractivity contribution in [1.82, 2.24) is 0 Å². The Hall–Kier alpha value is -2.20. The van der Waals surface area contributed by atoms with E-state index < -0.39 is 11.7 Å². The molecule has 0 saturated carbocycles. The summed E-state index contributed by atoms with van der Waals surface area (Å²) in [6.45, 7) is -0.348. The number of hydrogen-bond donors (Lipinski definition) is 2. The standard InChI is InChI=1S/C14H12FNO2/c15-13-6-5-11(7-12(13)8-17)9-1-3-10(4-2-9)14(16)18/h1-7,17H,8H2,(H2,16,18). The first-order valence-corrected chi connectivity index (χ1v) is 5.41. The Bertz CT molecular complexity index is 579. The molecule has 2 rings (SSSR count). The highest BCUT2D eigenvalue weighted by atomic mass is 19.1. The Morgan fingerprint density at radius 1 is 1.11 bits per heavy atom. The van der Waals surface area contributed by atoms with Crippen molar-refractivity contribution in [2.45, 2.75) is 6.61 Å². The highest BCUT2D eigenvalue weighted by Gasteiger charge is 2.05. The van der Waals surface area contributed by atoms with E-state index in [1.165, 1.54) is 6.07 Å². The van der Waals surface area contributed by atoms with Gasteiger partial charge >= 0.3 is 0 Å². The molecule has 0 radical (unpaired) electrons. The largest absolute Gasteiger partial charge is 0.392 e. The summed E-state index contributed by atoms with van der Waals surface area (Å²) in [6, 6.07) is 11.2. The Labute approximate surface area is 104 Å². The molecule has 2 aromatic carbocycles. The van der Waals surface area contributed by atoms with Crippen LogP contribution in [0.25, 0.3) is 11.1 Å². The van der Waals surface area contributed by atoms with Gasteiger partial charge in [-0.3, -0.25) is 4.79 Å². The summed E-state index contributed by atoms with van der Waals surface area (Å²) in [5.74, 6) is -0.924. The number of hydrogen-bond acceptors (Lipinski definition) is 2. The van der Waals surface area contributed by atoms with E-state index in [4.69, 9.17) is 10.8 Å². The van der Waals surface area contributed by atoms with Crippen LogP contribution in [0.4, 0.5) is 4.39 Å². The normalized spacial score (nSPS) is 10.3. The number of primary amides is 1. The number of aliphatic hydroxyl groups excluding tert-OH is 1. The molecule has 0 aliphatic carbocycles. The molecule has 0 spiro atoms. The average Bonchev–Trinajstić information content (AvgIpc) is 2.39. The number of rotatable bonds is 3. The first kappa shape index (κ1) is 12.3. The van der Waals surface area contributed by atoms with Crippen molar-refractivity contribution in [3.63, 3.8) is 0 Å². The number of benzene rings is 2. The summed E-state index contributed by atoms with van der Waals surface area (Å²) in [5.41, 5.74) is 7.41. The number of nitrogens with two attached hydrogens (primary N) is 1. The Morgan fingerprint density at radius 3 is 2.28 bits per heavy atom. The Kier molecular flexibility index (Phi) is 3.39. The summed E-state index contributed by atoms with van der Waals surface area (Å²) in [6.07, 6.45) is 0. The zero-order valence-corrected chi connectivity index (χ0v) is 9.56. The minimum atomic E-state index is -0.489. The van der Waals surface area contributed by atoms with Crippen LogP contribution in [0.1, 0.15) is 15.9 Å². The maximum absolute atomic E-state index is 13.2. The lowest BCUT2D eigenvalue weighted by molar-refractivity contribution is 0.100. The van der Waals surface area contributed by atoms with Crippen LogP contribution in [-0.2, 0) is 6.61 Å². The molecular weight excluding hydrogens is 233 g/mol. The van der Waals surface area contributed by atoms with Crippen molar-refractivity contribution >= 4 is 5.91 Å². The molecule has 4 heteroatoms. The second kappa shape index (κ2) is 4.98. The van der Waals surface area contributed by atoms with Crippen LogP contribution in [0.15, 0.2) is 42.5 Å². The molecule has 0 aliphatic heterocycles. The fourth-order valence-corrected chi connectivity index (χ4v) is 1.70. The molecular formula is C14H12FNO2. The van der Waals surface area contributed by atoms with Crippen molar-refractivity contribution in [3.8, 4) is 11.1 Å². The lowest BCUT2D eigenvalue weighted by Crippen LogP contribution is -2.10. The zero-order chi connectivity index (χ0) is 13.1. The molecule has 0 fully saturated rings. The van der Waals surface area contributed by atoms with Gasteiger partial charge in [0.1, 0.15) is 5.82 Å². The first-order valence-electron chi connectivity index (χ1n) is 5.41. The molecule has 3 nitrogen and oxygen atoms in total. The van der Waals surface area contributed by atoms with Crippen LogP contribution in [-0.4, -0.2) is 11.0 Å². The van der Waals surface area contributed by atoms with Crippen molar-refractivity contribution < 1.29 is 14.3 Å². The number of carbonyl (C=O) groups excluding carboxylic acids is 1. The molecule has 0 heterocycles. The minimum absolute atomic E-state index is 0.242. The van der Waals surface area contributed by atoms with Gasteiger partial charge in [0.05, 0.1) is 6.61 Å². The van der Waals surface area contributed by atoms with Crippen molar-refractivity contribution in [2.75, 3.05) is 0 Å². The second-order valence-corrected chi connectivity index (χ2v) is 3.91. The molecule has 18 heavy (non-hydrogen) atoms. The van der Waals surface area contributed by atoms with Gasteiger partial charge in [0.2, 0.25) is 5.91 Å². The smallest absolute Gasteiger partial charge is 0.248 e. The first-order chi connectivity index (χ1) is 8.61. The molecule has 3 N–H and O–H groups in total. The molecule has 0 bridgehead atoms. The van der Waals surface area contributed by atoms with Gasteiger partial charge in [-0.05, 0) is 35.4 Å². The lowest BCUT2D eigenvalue weighted by atomic mass is 10.0. The number of carbonyl (C=O) groups is 1. The van der Waals surface area contributed by atoms with Gasteiger partial charge < -0.3 is 10.8 Å². The predicted molar refractivity (Wildman–Crippen MR) is 66.3 cm³/mol. The van der Waals surface area contributed by atoms with E-state index in [-0.39, 0.29) is 12.2 Å². The van der Waals surface area contributed by atoms with Gasteiger partial charge in [-0.15, -0.1) is 0 Å². The monoisotopic (exact) mass is 245 g/mol. The summed E-state index contributed by atoms with van der Waals surface area (Å²) >= 11 is 0. The van der Waals surface area contributed by atoms with E-state index in [9.17, 15) is 9.18 Å². The third-order valence-corrected chi connectivity index (χ3v) is 2.72. The fraction of sp³-hybridized carbons (Fsp3) is 0.0714. The molecule has 0 aliphatic rings. The molecule has 2 aromatic rings. The summed E-state index contributed by atoms with van der Waals surface area (Å²) < 4.78 is 13.2. The van der Waals surface area contributed by atoms with Crippen LogP contribution in [0.2, 0.25) is 0 Å². The summed E-state index contributed by atoms with van der Waals surface area (Å²) in [4.78, 5) is 10.9. The van der Waals surface area contributed by atoms with E-state index in [0.717, 1.165) is 11.1 Å². The van der Waals surface area contributed by atoms with Crippen molar-refractivity contribution in [3.05, 3.63) is 59.4 Å². The predicted octanol–water partition coefficient (Wildman–Crippen LogP) is 2.08. The van der Waals surface area contributed by atoms with Crippen LogP contribution in [0.3, 0.4) is 0 Å². The van der Waals surface area contributed by atoms with Crippen LogP contribution >= 0.6 is 0 Å². The fourth-order valence-electron chi connectivity index (χ4n) is 1.70. The molecule has 1 amide bonds. The molecule has 0 aromatic heterocycles. The minimum Gasteiger partial charge on any atom is -0.392 e. The van der Waals surface area contributed by atoms with E-state index in [1.54, 1.807) is 36.4 Å². The van der Waals surface area contributed by atoms with Gasteiger partial charge in [-0.25, -0.2) is 4.39 Å². The van der Waals surface area contributed by atoms with Crippen LogP contribution in [0.5, 0.6) is 0 Å². The van der Waals surface area contributed by atoms with E-state index in [1.807, 2.05) is 0 Å². The third-order valence-electron chi connectivity index (χ3n) is 2.72. The summed E-state index contributed by atoms with van der Waals surface area (Å²) in [5, 5.41) is 9.01. The van der Waals surface area contributed by atoms with Gasteiger partial charge in [-0.1, -0.05) is 18.2 Å². The Morgan fingerprint density at radius 2 is 1.72 bits per heavy atom. The zero-order valence-electron chi connectivity index (χ0n) is 9.56. The highest BCUT2D eigenvalue weighted by molar-refractivity contribution is 5.93. The van der Waals surface area contributed by atoms with Gasteiger partial charge in [-0.2, -0.15) is 0 Å². The average molecular weight is 245 g/mol. The van der Waals surface area contributed by atoms with Gasteiger partial charge in [0, 0.05) is 11.1 Å². The molecule has 0 atom stereocenters. The SMILES string of the molecule is NC(=O)c1ccc(-c2ccc(F)c(CO)c2)cc1. The van der Waals surface area contributed by atoms with E-state index in [2.05, 4.69) is 0 Å². The second-order valence-electron chi connectivity index (χ2n) is 3.91. The molecule has 0 unspecified atom stereocenters. The van der Waals surface area contributed by atoms with Gasteiger partial charge in [0.15, 0.2) is 0 Å². The highest BCUT2D eigenvalue weighted by Crippen LogP contribution is 2.22. The third kappa shape index (κ3) is 2.38.